The molecule has 21 heavy (non-hydrogen) atoms. The molecule has 0 unspecified atom stereocenters. The Morgan fingerprint density at radius 3 is 2.81 bits per heavy atom. The maximum Gasteiger partial charge on any atom is 0.283 e. The van der Waals surface area contributed by atoms with E-state index in [1.54, 1.807) is 13.3 Å². The summed E-state index contributed by atoms with van der Waals surface area (Å²) >= 11 is 4.75. The van der Waals surface area contributed by atoms with Crippen LogP contribution in [0.4, 0.5) is 0 Å². The van der Waals surface area contributed by atoms with Gasteiger partial charge in [0.2, 0.25) is 0 Å². The van der Waals surface area contributed by atoms with Gasteiger partial charge in [-0.25, -0.2) is 10.4 Å². The van der Waals surface area contributed by atoms with Gasteiger partial charge in [0.05, 0.1) is 28.5 Å². The molecule has 0 radical (unpaired) electrons. The fraction of sp³-hybridized carbons (Fsp3) is 0.214. The molecule has 0 spiro atoms. The van der Waals surface area contributed by atoms with Crippen LogP contribution in [0.25, 0.3) is 0 Å². The molecular formula is C14H14BrN3O2S. The van der Waals surface area contributed by atoms with Crippen LogP contribution >= 0.6 is 27.3 Å². The number of carbonyl (C=O) groups excluding carboxylic acids is 1. The molecule has 2 rings (SSSR count). The van der Waals surface area contributed by atoms with Crippen LogP contribution in [-0.4, -0.2) is 24.2 Å². The number of aromatic nitrogens is 1. The molecule has 7 heteroatoms. The fourth-order valence-corrected chi connectivity index (χ4v) is 3.09. The molecular weight excluding hydrogens is 354 g/mol. The van der Waals surface area contributed by atoms with Crippen LogP contribution in [0.2, 0.25) is 0 Å². The Bertz CT molecular complexity index is 698. The largest absolute Gasteiger partial charge is 0.496 e. The maximum atomic E-state index is 12.0. The molecule has 5 nitrogen and oxygen atoms in total. The number of rotatable bonds is 4. The molecule has 0 saturated carbocycles. The number of hydrazone groups is 1. The van der Waals surface area contributed by atoms with Gasteiger partial charge in [-0.2, -0.15) is 5.10 Å². The summed E-state index contributed by atoms with van der Waals surface area (Å²) in [6, 6.07) is 5.53. The Morgan fingerprint density at radius 2 is 2.24 bits per heavy atom. The van der Waals surface area contributed by atoms with Crippen molar-refractivity contribution in [1.82, 2.24) is 10.4 Å². The molecule has 110 valence electrons. The molecule has 1 amide bonds. The van der Waals surface area contributed by atoms with Gasteiger partial charge in [0, 0.05) is 0 Å². The van der Waals surface area contributed by atoms with Crippen molar-refractivity contribution >= 4 is 39.4 Å². The van der Waals surface area contributed by atoms with Crippen molar-refractivity contribution in [1.29, 1.82) is 0 Å². The van der Waals surface area contributed by atoms with Crippen molar-refractivity contribution in [3.05, 3.63) is 43.8 Å². The minimum atomic E-state index is -0.248. The number of hydrogen-bond donors (Lipinski definition) is 1. The monoisotopic (exact) mass is 367 g/mol. The summed E-state index contributed by atoms with van der Waals surface area (Å²) in [7, 11) is 1.60. The lowest BCUT2D eigenvalue weighted by Crippen LogP contribution is -2.17. The molecule has 1 N–H and O–H groups in total. The summed E-state index contributed by atoms with van der Waals surface area (Å²) in [4.78, 5) is 16.8. The number of hydrogen-bond acceptors (Lipinski definition) is 5. The van der Waals surface area contributed by atoms with Crippen LogP contribution in [0.1, 0.15) is 25.9 Å². The molecule has 1 aromatic carbocycles. The van der Waals surface area contributed by atoms with Crippen LogP contribution in [0.15, 0.2) is 27.8 Å². The smallest absolute Gasteiger partial charge is 0.283 e. The summed E-state index contributed by atoms with van der Waals surface area (Å²) < 4.78 is 5.98. The van der Waals surface area contributed by atoms with E-state index in [1.807, 2.05) is 32.0 Å². The Balaban J connectivity index is 2.04. The highest BCUT2D eigenvalue weighted by molar-refractivity contribution is 9.10. The molecule has 0 aliphatic rings. The second-order valence-electron chi connectivity index (χ2n) is 4.24. The number of carbonyl (C=O) groups is 1. The molecule has 0 aliphatic heterocycles. The van der Waals surface area contributed by atoms with Crippen molar-refractivity contribution in [3.63, 3.8) is 0 Å². The van der Waals surface area contributed by atoms with Gasteiger partial charge in [0.15, 0.2) is 0 Å². The zero-order chi connectivity index (χ0) is 15.4. The SMILES string of the molecule is COc1ccc(/C=N/NC(=O)c2sc(C)nc2C)cc1Br. The Kier molecular flexibility index (Phi) is 5.08. The minimum absolute atomic E-state index is 0.248. The summed E-state index contributed by atoms with van der Waals surface area (Å²) in [6.07, 6.45) is 1.57. The summed E-state index contributed by atoms with van der Waals surface area (Å²) in [5.74, 6) is 0.494. The standard InChI is InChI=1S/C14H14BrN3O2S/c1-8-13(21-9(2)17-8)14(19)18-16-7-10-4-5-12(20-3)11(15)6-10/h4-7H,1-3H3,(H,18,19)/b16-7+. The Hall–Kier alpha value is -1.73. The third-order valence-corrected chi connectivity index (χ3v) is 4.36. The van der Waals surface area contributed by atoms with Gasteiger partial charge in [-0.15, -0.1) is 11.3 Å². The highest BCUT2D eigenvalue weighted by Gasteiger charge is 2.12. The van der Waals surface area contributed by atoms with Gasteiger partial charge in [0.25, 0.3) is 5.91 Å². The fourth-order valence-electron chi connectivity index (χ4n) is 1.72. The van der Waals surface area contributed by atoms with E-state index in [0.717, 1.165) is 26.5 Å². The summed E-state index contributed by atoms with van der Waals surface area (Å²) in [5.41, 5.74) is 4.07. The number of amides is 1. The molecule has 0 aliphatic carbocycles. The number of methoxy groups -OCH3 is 1. The first-order valence-corrected chi connectivity index (χ1v) is 7.73. The number of ether oxygens (including phenoxy) is 1. The first-order chi connectivity index (χ1) is 10.0. The van der Waals surface area contributed by atoms with Crippen LogP contribution < -0.4 is 10.2 Å². The van der Waals surface area contributed by atoms with E-state index in [0.29, 0.717) is 4.88 Å². The lowest BCUT2D eigenvalue weighted by Gasteiger charge is -2.03. The van der Waals surface area contributed by atoms with Gasteiger partial charge < -0.3 is 4.74 Å². The number of thiazole rings is 1. The number of nitrogens with one attached hydrogen (secondary N) is 1. The summed E-state index contributed by atoms with van der Waals surface area (Å²) in [5, 5.41) is 4.82. The van der Waals surface area contributed by atoms with Crippen LogP contribution in [0.5, 0.6) is 5.75 Å². The van der Waals surface area contributed by atoms with Gasteiger partial charge in [-0.3, -0.25) is 4.79 Å². The van der Waals surface area contributed by atoms with E-state index >= 15 is 0 Å². The molecule has 0 atom stereocenters. The van der Waals surface area contributed by atoms with Crippen molar-refractivity contribution in [2.24, 2.45) is 5.10 Å². The summed E-state index contributed by atoms with van der Waals surface area (Å²) in [6.45, 7) is 3.68. The number of benzene rings is 1. The number of nitrogens with zero attached hydrogens (tertiary/aromatic N) is 2. The lowest BCUT2D eigenvalue weighted by molar-refractivity contribution is 0.0958. The van der Waals surface area contributed by atoms with Crippen LogP contribution in [0.3, 0.4) is 0 Å². The predicted octanol–water partition coefficient (Wildman–Crippen LogP) is 3.29. The third-order valence-electron chi connectivity index (χ3n) is 2.67. The average molecular weight is 368 g/mol. The average Bonchev–Trinajstić information content (AvgIpc) is 2.78. The Morgan fingerprint density at radius 1 is 1.48 bits per heavy atom. The van der Waals surface area contributed by atoms with E-state index in [9.17, 15) is 4.79 Å². The van der Waals surface area contributed by atoms with E-state index in [1.165, 1.54) is 11.3 Å². The predicted molar refractivity (Wildman–Crippen MR) is 87.3 cm³/mol. The number of aryl methyl sites for hydroxylation is 2. The highest BCUT2D eigenvalue weighted by Crippen LogP contribution is 2.24. The zero-order valence-corrected chi connectivity index (χ0v) is 14.2. The van der Waals surface area contributed by atoms with Crippen LogP contribution in [-0.2, 0) is 0 Å². The Labute approximate surface area is 135 Å². The molecule has 0 saturated heterocycles. The lowest BCUT2D eigenvalue weighted by atomic mass is 10.2. The van der Waals surface area contributed by atoms with Gasteiger partial charge in [0.1, 0.15) is 10.6 Å². The van der Waals surface area contributed by atoms with Crippen molar-refractivity contribution < 1.29 is 9.53 Å². The second kappa shape index (κ2) is 6.82. The van der Waals surface area contributed by atoms with Crippen molar-refractivity contribution in [2.45, 2.75) is 13.8 Å². The van der Waals surface area contributed by atoms with Crippen molar-refractivity contribution in [3.8, 4) is 5.75 Å². The first kappa shape index (κ1) is 15.7. The van der Waals surface area contributed by atoms with E-state index in [-0.39, 0.29) is 5.91 Å². The third kappa shape index (κ3) is 3.89. The number of halogens is 1. The molecule has 1 heterocycles. The van der Waals surface area contributed by atoms with E-state index in [4.69, 9.17) is 4.74 Å². The van der Waals surface area contributed by atoms with Gasteiger partial charge in [-0.05, 0) is 53.5 Å². The maximum absolute atomic E-state index is 12.0. The minimum Gasteiger partial charge on any atom is -0.496 e. The van der Waals surface area contributed by atoms with E-state index < -0.39 is 0 Å². The molecule has 1 aromatic heterocycles. The molecule has 0 fully saturated rings. The van der Waals surface area contributed by atoms with Crippen molar-refractivity contribution in [2.75, 3.05) is 7.11 Å². The quantitative estimate of drug-likeness (QED) is 0.665. The second-order valence-corrected chi connectivity index (χ2v) is 6.30. The van der Waals surface area contributed by atoms with Crippen LogP contribution in [0, 0.1) is 13.8 Å². The zero-order valence-electron chi connectivity index (χ0n) is 11.8. The molecule has 0 bridgehead atoms. The molecule has 2 aromatic rings. The van der Waals surface area contributed by atoms with Gasteiger partial charge >= 0.3 is 0 Å². The topological polar surface area (TPSA) is 63.6 Å². The van der Waals surface area contributed by atoms with E-state index in [2.05, 4.69) is 31.4 Å². The first-order valence-electron chi connectivity index (χ1n) is 6.12. The van der Waals surface area contributed by atoms with Gasteiger partial charge in [-0.1, -0.05) is 0 Å². The highest BCUT2D eigenvalue weighted by atomic mass is 79.9. The normalized spacial score (nSPS) is 10.9.